The van der Waals surface area contributed by atoms with Gasteiger partial charge in [-0.05, 0) is 77.9 Å². The highest BCUT2D eigenvalue weighted by atomic mass is 15.0. The van der Waals surface area contributed by atoms with E-state index in [4.69, 9.17) is 6.57 Å². The Kier molecular flexibility index (Phi) is 6.56. The lowest BCUT2D eigenvalue weighted by molar-refractivity contribution is 1.18. The molecule has 0 aliphatic rings. The molecule has 50 heavy (non-hydrogen) atoms. The molecule has 0 atom stereocenters. The van der Waals surface area contributed by atoms with Gasteiger partial charge in [0, 0.05) is 44.0 Å². The van der Waals surface area contributed by atoms with Crippen molar-refractivity contribution in [3.63, 3.8) is 0 Å². The van der Waals surface area contributed by atoms with E-state index in [2.05, 4.69) is 105 Å². The Morgan fingerprint density at radius 3 is 1.72 bits per heavy atom. The quantitative estimate of drug-likeness (QED) is 0.181. The third kappa shape index (κ3) is 4.38. The molecule has 0 unspecified atom stereocenters. The van der Waals surface area contributed by atoms with Gasteiger partial charge in [-0.3, -0.25) is 0 Å². The molecular weight excluding hydrogens is 611 g/mol. The van der Waals surface area contributed by atoms with E-state index < -0.39 is 0 Å². The van der Waals surface area contributed by atoms with E-state index >= 15 is 0 Å². The van der Waals surface area contributed by atoms with Crippen LogP contribution in [0.4, 0.5) is 5.69 Å². The fraction of sp³-hybridized carbons (Fsp3) is 0. The van der Waals surface area contributed by atoms with Crippen molar-refractivity contribution in [2.45, 2.75) is 0 Å². The maximum absolute atomic E-state index is 10.2. The zero-order valence-electron chi connectivity index (χ0n) is 26.7. The fourth-order valence-corrected chi connectivity index (χ4v) is 7.36. The predicted octanol–water partition coefficient (Wildman–Crippen LogP) is 11.5. The van der Waals surface area contributed by atoms with Crippen molar-refractivity contribution in [3.05, 3.63) is 174 Å². The zero-order chi connectivity index (χ0) is 33.8. The summed E-state index contributed by atoms with van der Waals surface area (Å²) in [6.07, 6.45) is 0. The standard InChI is InChI=1S/C45H25N5/c1-48-33-19-22-35(45(26-33)50-42-12-6-2-8-36(42)37-9-3-7-13-43(37)50)31-15-16-32(28-47)39(25-31)30-17-20-34(21-18-30)49-41-11-5-4-10-38(41)40-24-29(27-46)14-23-44(40)49/h2-26H. The maximum Gasteiger partial charge on any atom is 0.189 e. The summed E-state index contributed by atoms with van der Waals surface area (Å²) in [7, 11) is 0. The van der Waals surface area contributed by atoms with Gasteiger partial charge in [-0.1, -0.05) is 84.9 Å². The molecule has 0 bridgehead atoms. The van der Waals surface area contributed by atoms with Gasteiger partial charge in [-0.15, -0.1) is 0 Å². The molecule has 7 aromatic carbocycles. The van der Waals surface area contributed by atoms with Crippen molar-refractivity contribution < 1.29 is 0 Å². The van der Waals surface area contributed by atoms with Gasteiger partial charge in [0.1, 0.15) is 0 Å². The molecule has 0 spiro atoms. The first kappa shape index (κ1) is 28.8. The molecule has 0 saturated carbocycles. The van der Waals surface area contributed by atoms with E-state index in [1.807, 2.05) is 72.8 Å². The molecule has 2 aromatic heterocycles. The van der Waals surface area contributed by atoms with Crippen LogP contribution in [0.2, 0.25) is 0 Å². The lowest BCUT2D eigenvalue weighted by atomic mass is 9.94. The molecule has 5 heteroatoms. The van der Waals surface area contributed by atoms with Gasteiger partial charge < -0.3 is 9.13 Å². The summed E-state index contributed by atoms with van der Waals surface area (Å²) in [5.74, 6) is 0. The second kappa shape index (κ2) is 11.4. The van der Waals surface area contributed by atoms with Crippen LogP contribution in [0.15, 0.2) is 152 Å². The predicted molar refractivity (Wildman–Crippen MR) is 202 cm³/mol. The molecule has 0 amide bonds. The fourth-order valence-electron chi connectivity index (χ4n) is 7.36. The van der Waals surface area contributed by atoms with Crippen molar-refractivity contribution in [2.24, 2.45) is 0 Å². The summed E-state index contributed by atoms with van der Waals surface area (Å²) in [6.45, 7) is 7.81. The van der Waals surface area contributed by atoms with Crippen LogP contribution in [0.25, 0.3) is 82.1 Å². The lowest BCUT2D eigenvalue weighted by Crippen LogP contribution is -1.98. The summed E-state index contributed by atoms with van der Waals surface area (Å²) in [5.41, 5.74) is 11.6. The van der Waals surface area contributed by atoms with Crippen LogP contribution >= 0.6 is 0 Å². The second-order valence-corrected chi connectivity index (χ2v) is 12.3. The minimum absolute atomic E-state index is 0.559. The molecule has 230 valence electrons. The Hall–Kier alpha value is -7.39. The van der Waals surface area contributed by atoms with E-state index in [1.54, 1.807) is 0 Å². The van der Waals surface area contributed by atoms with Gasteiger partial charge in [0.2, 0.25) is 0 Å². The van der Waals surface area contributed by atoms with E-state index in [-0.39, 0.29) is 0 Å². The van der Waals surface area contributed by atoms with Gasteiger partial charge in [0.25, 0.3) is 0 Å². The number of aromatic nitrogens is 2. The summed E-state index contributed by atoms with van der Waals surface area (Å²) in [5, 5.41) is 24.2. The zero-order valence-corrected chi connectivity index (χ0v) is 26.7. The molecule has 2 heterocycles. The highest BCUT2D eigenvalue weighted by Gasteiger charge is 2.18. The number of hydrogen-bond acceptors (Lipinski definition) is 2. The first-order chi connectivity index (χ1) is 24.7. The minimum Gasteiger partial charge on any atom is -0.310 e. The molecular formula is C45H25N5. The molecule has 9 rings (SSSR count). The van der Waals surface area contributed by atoms with Crippen molar-refractivity contribution in [1.29, 1.82) is 10.5 Å². The largest absolute Gasteiger partial charge is 0.310 e. The lowest BCUT2D eigenvalue weighted by Gasteiger charge is -2.16. The van der Waals surface area contributed by atoms with Gasteiger partial charge in [-0.25, -0.2) is 4.85 Å². The van der Waals surface area contributed by atoms with Crippen molar-refractivity contribution >= 4 is 49.3 Å². The summed E-state index contributed by atoms with van der Waals surface area (Å²) in [4.78, 5) is 3.78. The minimum atomic E-state index is 0.559. The normalized spacial score (nSPS) is 11.1. The second-order valence-electron chi connectivity index (χ2n) is 12.3. The van der Waals surface area contributed by atoms with Gasteiger partial charge in [0.05, 0.1) is 51.9 Å². The van der Waals surface area contributed by atoms with Gasteiger partial charge >= 0.3 is 0 Å². The van der Waals surface area contributed by atoms with E-state index in [9.17, 15) is 10.5 Å². The number of rotatable bonds is 4. The van der Waals surface area contributed by atoms with Crippen LogP contribution in [0.1, 0.15) is 11.1 Å². The topological polar surface area (TPSA) is 61.8 Å². The average Bonchev–Trinajstić information content (AvgIpc) is 3.70. The van der Waals surface area contributed by atoms with Gasteiger partial charge in [-0.2, -0.15) is 10.5 Å². The smallest absolute Gasteiger partial charge is 0.189 e. The molecule has 0 N–H and O–H groups in total. The van der Waals surface area contributed by atoms with E-state index in [0.29, 0.717) is 16.8 Å². The molecule has 0 radical (unpaired) electrons. The highest BCUT2D eigenvalue weighted by molar-refractivity contribution is 6.11. The summed E-state index contributed by atoms with van der Waals surface area (Å²) in [6, 6.07) is 55.5. The van der Waals surface area contributed by atoms with Crippen LogP contribution in [-0.4, -0.2) is 9.13 Å². The van der Waals surface area contributed by atoms with E-state index in [1.165, 1.54) is 0 Å². The molecule has 0 fully saturated rings. The molecule has 0 saturated heterocycles. The molecule has 5 nitrogen and oxygen atoms in total. The third-order valence-electron chi connectivity index (χ3n) is 9.62. The maximum atomic E-state index is 10.2. The van der Waals surface area contributed by atoms with Crippen LogP contribution in [-0.2, 0) is 0 Å². The van der Waals surface area contributed by atoms with Gasteiger partial charge in [0.15, 0.2) is 5.69 Å². The van der Waals surface area contributed by atoms with E-state index in [0.717, 1.165) is 77.2 Å². The monoisotopic (exact) mass is 635 g/mol. The Morgan fingerprint density at radius 1 is 0.480 bits per heavy atom. The van der Waals surface area contributed by atoms with Crippen molar-refractivity contribution in [1.82, 2.24) is 9.13 Å². The first-order valence-corrected chi connectivity index (χ1v) is 16.3. The Labute approximate surface area is 288 Å². The first-order valence-electron chi connectivity index (χ1n) is 16.3. The number of nitrogens with zero attached hydrogens (tertiary/aromatic N) is 5. The Morgan fingerprint density at radius 2 is 1.08 bits per heavy atom. The van der Waals surface area contributed by atoms with Crippen LogP contribution in [0, 0.1) is 29.2 Å². The third-order valence-corrected chi connectivity index (χ3v) is 9.62. The number of nitriles is 2. The van der Waals surface area contributed by atoms with Crippen LogP contribution < -0.4 is 0 Å². The summed E-state index contributed by atoms with van der Waals surface area (Å²) < 4.78 is 4.46. The van der Waals surface area contributed by atoms with Crippen LogP contribution in [0.3, 0.4) is 0 Å². The SMILES string of the molecule is [C-]#[N+]c1ccc(-c2ccc(C#N)c(-c3ccc(-n4c5ccccc5c5cc(C#N)ccc54)cc3)c2)c(-n2c3ccccc3c3ccccc32)c1. The highest BCUT2D eigenvalue weighted by Crippen LogP contribution is 2.40. The Bertz CT molecular complexity index is 2900. The number of hydrogen-bond donors (Lipinski definition) is 0. The number of fused-ring (bicyclic) bond motifs is 6. The molecule has 0 aliphatic heterocycles. The number of para-hydroxylation sites is 3. The number of benzene rings is 7. The summed E-state index contributed by atoms with van der Waals surface area (Å²) >= 11 is 0. The Balaban J connectivity index is 1.20. The van der Waals surface area contributed by atoms with Crippen molar-refractivity contribution in [2.75, 3.05) is 0 Å². The van der Waals surface area contributed by atoms with Crippen molar-refractivity contribution in [3.8, 4) is 45.8 Å². The molecule has 0 aliphatic carbocycles. The van der Waals surface area contributed by atoms with Crippen LogP contribution in [0.5, 0.6) is 0 Å². The molecule has 9 aromatic rings. The average molecular weight is 636 g/mol.